The van der Waals surface area contributed by atoms with Crippen molar-refractivity contribution in [2.24, 2.45) is 0 Å². The van der Waals surface area contributed by atoms with Gasteiger partial charge in [0.1, 0.15) is 11.6 Å². The Labute approximate surface area is 130 Å². The Morgan fingerprint density at radius 2 is 2.24 bits per heavy atom. The second kappa shape index (κ2) is 7.45. The van der Waals surface area contributed by atoms with Crippen LogP contribution < -0.4 is 10.6 Å². The first kappa shape index (κ1) is 15.8. The van der Waals surface area contributed by atoms with E-state index < -0.39 is 0 Å². The molecule has 6 heteroatoms. The molecule has 0 spiro atoms. The van der Waals surface area contributed by atoms with Crippen LogP contribution in [0, 0.1) is 6.92 Å². The standard InChI is InChI=1S/C15H22N4OS/c1-4-14(20)18-11-6-5-7-12(8-11)19-15-13(21-3)9-16-10(2)17-15/h4,9,11-12H,1,5-8H2,2-3H3,(H,18,20)(H,16,17,19). The highest BCUT2D eigenvalue weighted by Crippen LogP contribution is 2.27. The lowest BCUT2D eigenvalue weighted by atomic mass is 9.91. The van der Waals surface area contributed by atoms with Gasteiger partial charge in [-0.25, -0.2) is 9.97 Å². The molecule has 0 bridgehead atoms. The fourth-order valence-corrected chi connectivity index (χ4v) is 3.07. The van der Waals surface area contributed by atoms with Crippen molar-refractivity contribution in [2.75, 3.05) is 11.6 Å². The van der Waals surface area contributed by atoms with Gasteiger partial charge in [-0.15, -0.1) is 11.8 Å². The molecule has 1 heterocycles. The molecular formula is C15H22N4OS. The summed E-state index contributed by atoms with van der Waals surface area (Å²) in [7, 11) is 0. The maximum atomic E-state index is 11.4. The zero-order valence-corrected chi connectivity index (χ0v) is 13.4. The molecular weight excluding hydrogens is 284 g/mol. The fourth-order valence-electron chi connectivity index (χ4n) is 2.62. The molecule has 1 aromatic rings. The van der Waals surface area contributed by atoms with Gasteiger partial charge in [0.2, 0.25) is 5.91 Å². The van der Waals surface area contributed by atoms with E-state index in [1.54, 1.807) is 11.8 Å². The summed E-state index contributed by atoms with van der Waals surface area (Å²) in [6.07, 6.45) is 9.33. The minimum absolute atomic E-state index is 0.0941. The molecule has 1 saturated carbocycles. The normalized spacial score (nSPS) is 21.6. The topological polar surface area (TPSA) is 66.9 Å². The fraction of sp³-hybridized carbons (Fsp3) is 0.533. The van der Waals surface area contributed by atoms with Crippen molar-refractivity contribution in [1.29, 1.82) is 0 Å². The van der Waals surface area contributed by atoms with Gasteiger partial charge in [-0.05, 0) is 44.9 Å². The summed E-state index contributed by atoms with van der Waals surface area (Å²) in [5.74, 6) is 1.57. The van der Waals surface area contributed by atoms with Crippen molar-refractivity contribution in [3.05, 3.63) is 24.7 Å². The third kappa shape index (κ3) is 4.46. The van der Waals surface area contributed by atoms with Crippen molar-refractivity contribution >= 4 is 23.5 Å². The van der Waals surface area contributed by atoms with E-state index in [1.165, 1.54) is 6.08 Å². The van der Waals surface area contributed by atoms with E-state index in [0.717, 1.165) is 42.2 Å². The number of hydrogen-bond donors (Lipinski definition) is 2. The Balaban J connectivity index is 2.00. The van der Waals surface area contributed by atoms with E-state index in [-0.39, 0.29) is 11.9 Å². The summed E-state index contributed by atoms with van der Waals surface area (Å²) in [6.45, 7) is 5.39. The van der Waals surface area contributed by atoms with E-state index in [0.29, 0.717) is 6.04 Å². The van der Waals surface area contributed by atoms with Crippen LogP contribution in [0.4, 0.5) is 5.82 Å². The van der Waals surface area contributed by atoms with E-state index in [1.807, 2.05) is 19.4 Å². The predicted octanol–water partition coefficient (Wildman–Crippen LogP) is 2.53. The molecule has 0 radical (unpaired) electrons. The minimum Gasteiger partial charge on any atom is -0.366 e. The molecule has 0 saturated heterocycles. The lowest BCUT2D eigenvalue weighted by Crippen LogP contribution is -2.41. The van der Waals surface area contributed by atoms with Crippen LogP contribution in [0.2, 0.25) is 0 Å². The number of amides is 1. The summed E-state index contributed by atoms with van der Waals surface area (Å²) < 4.78 is 0. The molecule has 1 fully saturated rings. The number of hydrogen-bond acceptors (Lipinski definition) is 5. The van der Waals surface area contributed by atoms with Crippen molar-refractivity contribution in [1.82, 2.24) is 15.3 Å². The molecule has 0 aliphatic heterocycles. The Kier molecular flexibility index (Phi) is 5.61. The number of carbonyl (C=O) groups is 1. The quantitative estimate of drug-likeness (QED) is 0.646. The largest absolute Gasteiger partial charge is 0.366 e. The number of aryl methyl sites for hydroxylation is 1. The van der Waals surface area contributed by atoms with Gasteiger partial charge >= 0.3 is 0 Å². The van der Waals surface area contributed by atoms with E-state index in [4.69, 9.17) is 0 Å². The third-order valence-corrected chi connectivity index (χ3v) is 4.38. The van der Waals surface area contributed by atoms with E-state index >= 15 is 0 Å². The van der Waals surface area contributed by atoms with Crippen molar-refractivity contribution < 1.29 is 4.79 Å². The maximum Gasteiger partial charge on any atom is 0.243 e. The van der Waals surface area contributed by atoms with Crippen LogP contribution in [-0.2, 0) is 4.79 Å². The average Bonchev–Trinajstić information content (AvgIpc) is 2.48. The van der Waals surface area contributed by atoms with Crippen LogP contribution in [0.1, 0.15) is 31.5 Å². The molecule has 2 N–H and O–H groups in total. The second-order valence-corrected chi connectivity index (χ2v) is 6.10. The smallest absolute Gasteiger partial charge is 0.243 e. The molecule has 1 aliphatic rings. The van der Waals surface area contributed by atoms with Gasteiger partial charge in [0.25, 0.3) is 0 Å². The zero-order valence-electron chi connectivity index (χ0n) is 12.6. The van der Waals surface area contributed by atoms with Gasteiger partial charge in [0.15, 0.2) is 0 Å². The number of nitrogens with one attached hydrogen (secondary N) is 2. The molecule has 2 atom stereocenters. The number of nitrogens with zero attached hydrogens (tertiary/aromatic N) is 2. The van der Waals surface area contributed by atoms with Gasteiger partial charge in [-0.3, -0.25) is 4.79 Å². The summed E-state index contributed by atoms with van der Waals surface area (Å²) in [5.41, 5.74) is 0. The van der Waals surface area contributed by atoms with Crippen molar-refractivity contribution in [3.8, 4) is 0 Å². The monoisotopic (exact) mass is 306 g/mol. The molecule has 2 unspecified atom stereocenters. The highest BCUT2D eigenvalue weighted by atomic mass is 32.2. The maximum absolute atomic E-state index is 11.4. The molecule has 2 rings (SSSR count). The van der Waals surface area contributed by atoms with Gasteiger partial charge in [-0.1, -0.05) is 6.58 Å². The molecule has 114 valence electrons. The third-order valence-electron chi connectivity index (χ3n) is 3.64. The van der Waals surface area contributed by atoms with Crippen LogP contribution in [0.25, 0.3) is 0 Å². The van der Waals surface area contributed by atoms with Crippen LogP contribution in [0.5, 0.6) is 0 Å². The van der Waals surface area contributed by atoms with Crippen LogP contribution in [0.3, 0.4) is 0 Å². The van der Waals surface area contributed by atoms with E-state index in [2.05, 4.69) is 27.2 Å². The van der Waals surface area contributed by atoms with Crippen molar-refractivity contribution in [2.45, 2.75) is 49.6 Å². The minimum atomic E-state index is -0.0941. The number of carbonyl (C=O) groups excluding carboxylic acids is 1. The number of aromatic nitrogens is 2. The molecule has 1 aliphatic carbocycles. The summed E-state index contributed by atoms with van der Waals surface area (Å²) in [4.78, 5) is 21.2. The van der Waals surface area contributed by atoms with Crippen LogP contribution >= 0.6 is 11.8 Å². The highest BCUT2D eigenvalue weighted by molar-refractivity contribution is 7.98. The first-order valence-electron chi connectivity index (χ1n) is 7.19. The Hall–Kier alpha value is -1.56. The van der Waals surface area contributed by atoms with Gasteiger partial charge in [0.05, 0.1) is 4.90 Å². The van der Waals surface area contributed by atoms with Gasteiger partial charge in [0, 0.05) is 18.3 Å². The zero-order chi connectivity index (χ0) is 15.2. The second-order valence-electron chi connectivity index (χ2n) is 5.25. The summed E-state index contributed by atoms with van der Waals surface area (Å²) in [6, 6.07) is 0.538. The number of anilines is 1. The van der Waals surface area contributed by atoms with Crippen molar-refractivity contribution in [3.63, 3.8) is 0 Å². The summed E-state index contributed by atoms with van der Waals surface area (Å²) >= 11 is 1.64. The van der Waals surface area contributed by atoms with E-state index in [9.17, 15) is 4.79 Å². The average molecular weight is 306 g/mol. The Bertz CT molecular complexity index is 520. The SMILES string of the molecule is C=CC(=O)NC1CCCC(Nc2nc(C)ncc2SC)C1. The van der Waals surface area contributed by atoms with Crippen LogP contribution in [-0.4, -0.2) is 34.2 Å². The first-order valence-corrected chi connectivity index (χ1v) is 8.42. The lowest BCUT2D eigenvalue weighted by Gasteiger charge is -2.30. The Morgan fingerprint density at radius 3 is 2.95 bits per heavy atom. The highest BCUT2D eigenvalue weighted by Gasteiger charge is 2.23. The number of rotatable bonds is 5. The van der Waals surface area contributed by atoms with Gasteiger partial charge < -0.3 is 10.6 Å². The predicted molar refractivity (Wildman–Crippen MR) is 86.6 cm³/mol. The first-order chi connectivity index (χ1) is 10.1. The van der Waals surface area contributed by atoms with Crippen LogP contribution in [0.15, 0.2) is 23.7 Å². The van der Waals surface area contributed by atoms with Gasteiger partial charge in [-0.2, -0.15) is 0 Å². The lowest BCUT2D eigenvalue weighted by molar-refractivity contribution is -0.117. The molecule has 1 amide bonds. The molecule has 0 aromatic carbocycles. The number of thioether (sulfide) groups is 1. The molecule has 5 nitrogen and oxygen atoms in total. The Morgan fingerprint density at radius 1 is 1.48 bits per heavy atom. The summed E-state index contributed by atoms with van der Waals surface area (Å²) in [5, 5.41) is 6.50. The molecule has 1 aromatic heterocycles. The molecule has 21 heavy (non-hydrogen) atoms.